The largest absolute Gasteiger partial charge is 0.496 e. The van der Waals surface area contributed by atoms with Gasteiger partial charge in [0.05, 0.1) is 7.11 Å². The molecule has 0 spiro atoms. The fraction of sp³-hybridized carbons (Fsp3) is 0.294. The Hall–Kier alpha value is -2.00. The maximum Gasteiger partial charge on any atom is 0.123 e. The van der Waals surface area contributed by atoms with Crippen molar-refractivity contribution in [3.63, 3.8) is 0 Å². The van der Waals surface area contributed by atoms with Gasteiger partial charge in [0, 0.05) is 30.9 Å². The second-order valence-corrected chi connectivity index (χ2v) is 4.70. The summed E-state index contributed by atoms with van der Waals surface area (Å²) in [5.74, 6) is 0.860. The van der Waals surface area contributed by atoms with Crippen molar-refractivity contribution in [2.45, 2.75) is 20.0 Å². The lowest BCUT2D eigenvalue weighted by atomic mass is 10.1. The number of ether oxygens (including phenoxy) is 1. The molecule has 0 unspecified atom stereocenters. The van der Waals surface area contributed by atoms with Gasteiger partial charge < -0.3 is 15.4 Å². The molecular weight excluding hydrogens is 248 g/mol. The maximum atomic E-state index is 5.78. The summed E-state index contributed by atoms with van der Waals surface area (Å²) in [5, 5.41) is 0. The molecule has 0 aliphatic rings. The molecule has 2 aromatic carbocycles. The second-order valence-electron chi connectivity index (χ2n) is 4.70. The number of hydrogen-bond acceptors (Lipinski definition) is 3. The SMILES string of the molecule is CCN(Cc1ccc(OC)c(CN)c1)c1ccccc1. The Bertz CT molecular complexity index is 540. The lowest BCUT2D eigenvalue weighted by Crippen LogP contribution is -2.22. The maximum absolute atomic E-state index is 5.78. The van der Waals surface area contributed by atoms with Crippen LogP contribution in [0.2, 0.25) is 0 Å². The van der Waals surface area contributed by atoms with Crippen LogP contribution in [0, 0.1) is 0 Å². The molecule has 106 valence electrons. The van der Waals surface area contributed by atoms with Crippen molar-refractivity contribution < 1.29 is 4.74 Å². The third kappa shape index (κ3) is 3.31. The minimum atomic E-state index is 0.495. The van der Waals surface area contributed by atoms with Crippen molar-refractivity contribution >= 4 is 5.69 Å². The molecule has 0 saturated heterocycles. The Morgan fingerprint density at radius 2 is 1.85 bits per heavy atom. The number of para-hydroxylation sites is 1. The molecule has 0 fully saturated rings. The Labute approximate surface area is 121 Å². The molecule has 3 heteroatoms. The quantitative estimate of drug-likeness (QED) is 0.876. The van der Waals surface area contributed by atoms with Crippen molar-refractivity contribution in [3.05, 3.63) is 59.7 Å². The number of nitrogens with zero attached hydrogens (tertiary/aromatic N) is 1. The normalized spacial score (nSPS) is 10.3. The first-order valence-corrected chi connectivity index (χ1v) is 6.94. The minimum absolute atomic E-state index is 0.495. The molecule has 0 radical (unpaired) electrons. The molecule has 2 rings (SSSR count). The first-order valence-electron chi connectivity index (χ1n) is 6.94. The van der Waals surface area contributed by atoms with E-state index < -0.39 is 0 Å². The second kappa shape index (κ2) is 6.96. The van der Waals surface area contributed by atoms with Crippen molar-refractivity contribution in [2.75, 3.05) is 18.6 Å². The number of benzene rings is 2. The number of nitrogens with two attached hydrogens (primary N) is 1. The van der Waals surface area contributed by atoms with Crippen molar-refractivity contribution in [1.29, 1.82) is 0 Å². The lowest BCUT2D eigenvalue weighted by molar-refractivity contribution is 0.409. The molecule has 0 atom stereocenters. The van der Waals surface area contributed by atoms with Crippen LogP contribution in [0.4, 0.5) is 5.69 Å². The summed E-state index contributed by atoms with van der Waals surface area (Å²) in [5.41, 5.74) is 9.31. The van der Waals surface area contributed by atoms with Crippen LogP contribution in [0.3, 0.4) is 0 Å². The van der Waals surface area contributed by atoms with E-state index >= 15 is 0 Å². The molecule has 0 saturated carbocycles. The smallest absolute Gasteiger partial charge is 0.123 e. The highest BCUT2D eigenvalue weighted by molar-refractivity contribution is 5.47. The van der Waals surface area contributed by atoms with E-state index in [1.54, 1.807) is 7.11 Å². The molecule has 2 aromatic rings. The average Bonchev–Trinajstić information content (AvgIpc) is 2.53. The summed E-state index contributed by atoms with van der Waals surface area (Å²) in [4.78, 5) is 2.34. The van der Waals surface area contributed by atoms with Crippen molar-refractivity contribution in [1.82, 2.24) is 0 Å². The molecule has 0 bridgehead atoms. The van der Waals surface area contributed by atoms with E-state index in [1.807, 2.05) is 12.1 Å². The van der Waals surface area contributed by atoms with E-state index in [1.165, 1.54) is 11.3 Å². The van der Waals surface area contributed by atoms with Crippen LogP contribution in [-0.2, 0) is 13.1 Å². The zero-order chi connectivity index (χ0) is 14.4. The van der Waals surface area contributed by atoms with Crippen LogP contribution in [0.25, 0.3) is 0 Å². The highest BCUT2D eigenvalue weighted by Crippen LogP contribution is 2.22. The van der Waals surface area contributed by atoms with Gasteiger partial charge in [-0.15, -0.1) is 0 Å². The van der Waals surface area contributed by atoms with Gasteiger partial charge in [0.2, 0.25) is 0 Å². The third-order valence-corrected chi connectivity index (χ3v) is 3.44. The zero-order valence-corrected chi connectivity index (χ0v) is 12.2. The van der Waals surface area contributed by atoms with Crippen LogP contribution >= 0.6 is 0 Å². The van der Waals surface area contributed by atoms with E-state index in [2.05, 4.69) is 48.2 Å². The summed E-state index contributed by atoms with van der Waals surface area (Å²) >= 11 is 0. The Balaban J connectivity index is 2.20. The van der Waals surface area contributed by atoms with E-state index in [9.17, 15) is 0 Å². The predicted molar refractivity (Wildman–Crippen MR) is 84.1 cm³/mol. The number of hydrogen-bond donors (Lipinski definition) is 1. The summed E-state index contributed by atoms with van der Waals surface area (Å²) in [6.07, 6.45) is 0. The van der Waals surface area contributed by atoms with Crippen LogP contribution in [0.15, 0.2) is 48.5 Å². The molecule has 2 N–H and O–H groups in total. The Morgan fingerprint density at radius 1 is 1.10 bits per heavy atom. The predicted octanol–water partition coefficient (Wildman–Crippen LogP) is 3.18. The first kappa shape index (κ1) is 14.4. The highest BCUT2D eigenvalue weighted by Gasteiger charge is 2.07. The van der Waals surface area contributed by atoms with Crippen molar-refractivity contribution in [3.8, 4) is 5.75 Å². The van der Waals surface area contributed by atoms with Gasteiger partial charge in [-0.1, -0.05) is 24.3 Å². The molecule has 20 heavy (non-hydrogen) atoms. The van der Waals surface area contributed by atoms with Gasteiger partial charge in [-0.2, -0.15) is 0 Å². The average molecular weight is 270 g/mol. The lowest BCUT2D eigenvalue weighted by Gasteiger charge is -2.23. The monoisotopic (exact) mass is 270 g/mol. The molecule has 0 aromatic heterocycles. The van der Waals surface area contributed by atoms with Gasteiger partial charge >= 0.3 is 0 Å². The van der Waals surface area contributed by atoms with Crippen LogP contribution in [-0.4, -0.2) is 13.7 Å². The summed E-state index contributed by atoms with van der Waals surface area (Å²) in [6, 6.07) is 16.7. The molecule has 0 aliphatic heterocycles. The summed E-state index contributed by atoms with van der Waals surface area (Å²) in [7, 11) is 1.68. The molecular formula is C17H22N2O. The Kier molecular flexibility index (Phi) is 5.02. The van der Waals surface area contributed by atoms with E-state index in [4.69, 9.17) is 10.5 Å². The fourth-order valence-electron chi connectivity index (χ4n) is 2.33. The standard InChI is InChI=1S/C17H22N2O/c1-3-19(16-7-5-4-6-8-16)13-14-9-10-17(20-2)15(11-14)12-18/h4-11H,3,12-13,18H2,1-2H3. The van der Waals surface area contributed by atoms with Crippen LogP contribution < -0.4 is 15.4 Å². The number of methoxy groups -OCH3 is 1. The minimum Gasteiger partial charge on any atom is -0.496 e. The molecule has 0 aliphatic carbocycles. The van der Waals surface area contributed by atoms with Crippen LogP contribution in [0.1, 0.15) is 18.1 Å². The topological polar surface area (TPSA) is 38.5 Å². The van der Waals surface area contributed by atoms with E-state index in [-0.39, 0.29) is 0 Å². The van der Waals surface area contributed by atoms with Gasteiger partial charge in [-0.3, -0.25) is 0 Å². The van der Waals surface area contributed by atoms with Gasteiger partial charge in [-0.25, -0.2) is 0 Å². The number of rotatable bonds is 6. The van der Waals surface area contributed by atoms with Gasteiger partial charge in [0.15, 0.2) is 0 Å². The summed E-state index contributed by atoms with van der Waals surface area (Å²) < 4.78 is 5.31. The zero-order valence-electron chi connectivity index (χ0n) is 12.2. The molecule has 3 nitrogen and oxygen atoms in total. The van der Waals surface area contributed by atoms with Crippen molar-refractivity contribution in [2.24, 2.45) is 5.73 Å². The summed E-state index contributed by atoms with van der Waals surface area (Å²) in [6.45, 7) is 4.50. The van der Waals surface area contributed by atoms with E-state index in [0.29, 0.717) is 6.54 Å². The van der Waals surface area contributed by atoms with Gasteiger partial charge in [-0.05, 0) is 36.8 Å². The third-order valence-electron chi connectivity index (χ3n) is 3.44. The first-order chi connectivity index (χ1) is 9.78. The molecule has 0 amide bonds. The van der Waals surface area contributed by atoms with Crippen LogP contribution in [0.5, 0.6) is 5.75 Å². The molecule has 0 heterocycles. The Morgan fingerprint density at radius 3 is 2.45 bits per heavy atom. The number of anilines is 1. The van der Waals surface area contributed by atoms with Gasteiger partial charge in [0.1, 0.15) is 5.75 Å². The fourth-order valence-corrected chi connectivity index (χ4v) is 2.33. The van der Waals surface area contributed by atoms with E-state index in [0.717, 1.165) is 24.4 Å². The van der Waals surface area contributed by atoms with Gasteiger partial charge in [0.25, 0.3) is 0 Å². The highest BCUT2D eigenvalue weighted by atomic mass is 16.5.